The van der Waals surface area contributed by atoms with Crippen LogP contribution >= 0.6 is 0 Å². The quantitative estimate of drug-likeness (QED) is 0.819. The average Bonchev–Trinajstić information content (AvgIpc) is 2.90. The molecule has 0 saturated carbocycles. The zero-order valence-electron chi connectivity index (χ0n) is 12.8. The van der Waals surface area contributed by atoms with E-state index in [-0.39, 0.29) is 5.41 Å². The molecular weight excluding hydrogens is 248 g/mol. The molecule has 1 heterocycles. The molecule has 0 saturated heterocycles. The van der Waals surface area contributed by atoms with Crippen molar-refractivity contribution in [2.45, 2.75) is 40.2 Å². The summed E-state index contributed by atoms with van der Waals surface area (Å²) in [5.41, 5.74) is 1.59. The van der Waals surface area contributed by atoms with Gasteiger partial charge in [0.05, 0.1) is 6.54 Å². The Morgan fingerprint density at radius 3 is 2.70 bits per heavy atom. The van der Waals surface area contributed by atoms with E-state index in [1.807, 2.05) is 23.0 Å². The van der Waals surface area contributed by atoms with Crippen molar-refractivity contribution in [1.29, 1.82) is 0 Å². The van der Waals surface area contributed by atoms with Gasteiger partial charge in [0, 0.05) is 12.4 Å². The molecule has 2 rings (SSSR count). The van der Waals surface area contributed by atoms with Crippen molar-refractivity contribution in [3.8, 4) is 5.75 Å². The lowest BCUT2D eigenvalue weighted by molar-refractivity contribution is 0.289. The maximum atomic E-state index is 5.82. The van der Waals surface area contributed by atoms with Gasteiger partial charge >= 0.3 is 0 Å². The summed E-state index contributed by atoms with van der Waals surface area (Å²) in [6.07, 6.45) is 3.73. The number of hydrogen-bond acceptors (Lipinski definition) is 2. The number of benzene rings is 1. The molecule has 108 valence electrons. The van der Waals surface area contributed by atoms with Gasteiger partial charge in [-0.05, 0) is 35.1 Å². The van der Waals surface area contributed by atoms with Crippen LogP contribution in [-0.4, -0.2) is 16.4 Å². The first kappa shape index (κ1) is 14.6. The maximum absolute atomic E-state index is 5.82. The van der Waals surface area contributed by atoms with E-state index in [9.17, 15) is 0 Å². The summed E-state index contributed by atoms with van der Waals surface area (Å²) in [6.45, 7) is 10.5. The fraction of sp³-hybridized carbons (Fsp3) is 0.471. The minimum atomic E-state index is 0.258. The second-order valence-electron chi connectivity index (χ2n) is 6.28. The smallest absolute Gasteiger partial charge is 0.119 e. The number of rotatable bonds is 5. The summed E-state index contributed by atoms with van der Waals surface area (Å²) in [7, 11) is 0. The lowest BCUT2D eigenvalue weighted by Gasteiger charge is -2.27. The van der Waals surface area contributed by atoms with Gasteiger partial charge in [0.2, 0.25) is 0 Å². The molecule has 1 unspecified atom stereocenters. The van der Waals surface area contributed by atoms with Crippen LogP contribution < -0.4 is 4.74 Å². The lowest BCUT2D eigenvalue weighted by Crippen LogP contribution is -2.15. The molecule has 0 aliphatic carbocycles. The number of hydrogen-bond donors (Lipinski definition) is 0. The molecule has 0 fully saturated rings. The van der Waals surface area contributed by atoms with Crippen LogP contribution in [0.3, 0.4) is 0 Å². The summed E-state index contributed by atoms with van der Waals surface area (Å²) in [4.78, 5) is 0. The van der Waals surface area contributed by atoms with E-state index in [4.69, 9.17) is 4.74 Å². The van der Waals surface area contributed by atoms with E-state index in [2.05, 4.69) is 51.0 Å². The first-order chi connectivity index (χ1) is 9.47. The first-order valence-corrected chi connectivity index (χ1v) is 7.17. The van der Waals surface area contributed by atoms with Crippen molar-refractivity contribution in [1.82, 2.24) is 9.78 Å². The van der Waals surface area contributed by atoms with Gasteiger partial charge in [-0.15, -0.1) is 0 Å². The summed E-state index contributed by atoms with van der Waals surface area (Å²) in [5.74, 6) is 1.43. The fourth-order valence-corrected chi connectivity index (χ4v) is 2.06. The molecule has 0 spiro atoms. The predicted molar refractivity (Wildman–Crippen MR) is 82.0 cm³/mol. The zero-order chi connectivity index (χ0) is 14.6. The normalized spacial score (nSPS) is 13.2. The van der Waals surface area contributed by atoms with E-state index >= 15 is 0 Å². The van der Waals surface area contributed by atoms with Crippen LogP contribution in [-0.2, 0) is 6.54 Å². The van der Waals surface area contributed by atoms with Crippen molar-refractivity contribution in [3.63, 3.8) is 0 Å². The Bertz CT molecular complexity index is 526. The third kappa shape index (κ3) is 3.86. The van der Waals surface area contributed by atoms with Gasteiger partial charge in [-0.2, -0.15) is 5.10 Å². The first-order valence-electron chi connectivity index (χ1n) is 7.17. The Morgan fingerprint density at radius 2 is 2.05 bits per heavy atom. The molecule has 1 aromatic carbocycles. The monoisotopic (exact) mass is 272 g/mol. The molecule has 1 atom stereocenters. The second-order valence-corrected chi connectivity index (χ2v) is 6.28. The van der Waals surface area contributed by atoms with Gasteiger partial charge in [-0.25, -0.2) is 0 Å². The molecule has 0 N–H and O–H groups in total. The topological polar surface area (TPSA) is 27.1 Å². The Balaban J connectivity index is 1.96. The van der Waals surface area contributed by atoms with Crippen LogP contribution in [0.15, 0.2) is 42.7 Å². The van der Waals surface area contributed by atoms with E-state index in [1.54, 1.807) is 6.20 Å². The van der Waals surface area contributed by atoms with Crippen molar-refractivity contribution < 1.29 is 4.74 Å². The molecular formula is C17H24N2O. The van der Waals surface area contributed by atoms with Gasteiger partial charge < -0.3 is 4.74 Å². The maximum Gasteiger partial charge on any atom is 0.119 e. The van der Waals surface area contributed by atoms with Crippen LogP contribution in [0.2, 0.25) is 0 Å². The average molecular weight is 272 g/mol. The number of nitrogens with zero attached hydrogens (tertiary/aromatic N) is 2. The van der Waals surface area contributed by atoms with Crippen LogP contribution in [0.1, 0.15) is 39.2 Å². The summed E-state index contributed by atoms with van der Waals surface area (Å²) >= 11 is 0. The van der Waals surface area contributed by atoms with Gasteiger partial charge in [-0.3, -0.25) is 4.68 Å². The molecule has 0 amide bonds. The minimum Gasteiger partial charge on any atom is -0.492 e. The third-order valence-electron chi connectivity index (χ3n) is 3.81. The van der Waals surface area contributed by atoms with Crippen LogP contribution in [0.5, 0.6) is 5.75 Å². The molecule has 0 aliphatic rings. The minimum absolute atomic E-state index is 0.258. The molecule has 2 aromatic rings. The Hall–Kier alpha value is -1.77. The predicted octanol–water partition coefficient (Wildman–Crippen LogP) is 4.11. The molecule has 0 radical (unpaired) electrons. The number of ether oxygens (including phenoxy) is 1. The van der Waals surface area contributed by atoms with Crippen molar-refractivity contribution in [2.24, 2.45) is 5.41 Å². The lowest BCUT2D eigenvalue weighted by atomic mass is 9.78. The van der Waals surface area contributed by atoms with Crippen molar-refractivity contribution in [2.75, 3.05) is 6.61 Å². The third-order valence-corrected chi connectivity index (χ3v) is 3.81. The highest BCUT2D eigenvalue weighted by atomic mass is 16.5. The molecule has 20 heavy (non-hydrogen) atoms. The van der Waals surface area contributed by atoms with E-state index in [1.165, 1.54) is 5.56 Å². The Kier molecular flexibility index (Phi) is 4.48. The van der Waals surface area contributed by atoms with Crippen LogP contribution in [0, 0.1) is 5.41 Å². The van der Waals surface area contributed by atoms with Crippen LogP contribution in [0.4, 0.5) is 0 Å². The Labute approximate surface area is 121 Å². The largest absolute Gasteiger partial charge is 0.492 e. The van der Waals surface area contributed by atoms with Gasteiger partial charge in [0.15, 0.2) is 0 Å². The van der Waals surface area contributed by atoms with Gasteiger partial charge in [0.1, 0.15) is 12.4 Å². The van der Waals surface area contributed by atoms with E-state index < -0.39 is 0 Å². The SMILES string of the molecule is CC(c1cccc(OCCn2cccn2)c1)C(C)(C)C. The highest BCUT2D eigenvalue weighted by Crippen LogP contribution is 2.35. The summed E-state index contributed by atoms with van der Waals surface area (Å²) in [5, 5.41) is 4.16. The second kappa shape index (κ2) is 6.12. The van der Waals surface area contributed by atoms with Gasteiger partial charge in [0.25, 0.3) is 0 Å². The van der Waals surface area contributed by atoms with E-state index in [0.29, 0.717) is 12.5 Å². The fourth-order valence-electron chi connectivity index (χ4n) is 2.06. The highest BCUT2D eigenvalue weighted by Gasteiger charge is 2.21. The number of aromatic nitrogens is 2. The van der Waals surface area contributed by atoms with Crippen molar-refractivity contribution >= 4 is 0 Å². The van der Waals surface area contributed by atoms with Crippen LogP contribution in [0.25, 0.3) is 0 Å². The standard InChI is InChI=1S/C17H24N2O/c1-14(17(2,3)4)15-7-5-8-16(13-15)20-12-11-19-10-6-9-18-19/h5-10,13-14H,11-12H2,1-4H3. The molecule has 0 aliphatic heterocycles. The highest BCUT2D eigenvalue weighted by molar-refractivity contribution is 5.31. The van der Waals surface area contributed by atoms with Gasteiger partial charge in [-0.1, -0.05) is 39.8 Å². The Morgan fingerprint density at radius 1 is 1.25 bits per heavy atom. The zero-order valence-corrected chi connectivity index (χ0v) is 12.8. The van der Waals surface area contributed by atoms with Crippen molar-refractivity contribution in [3.05, 3.63) is 48.3 Å². The van der Waals surface area contributed by atoms with E-state index in [0.717, 1.165) is 12.3 Å². The molecule has 3 nitrogen and oxygen atoms in total. The summed E-state index contributed by atoms with van der Waals surface area (Å²) in [6, 6.07) is 10.3. The molecule has 0 bridgehead atoms. The molecule has 3 heteroatoms. The molecule has 1 aromatic heterocycles. The summed E-state index contributed by atoms with van der Waals surface area (Å²) < 4.78 is 7.70.